The minimum atomic E-state index is -0.236. The Bertz CT molecular complexity index is 614. The van der Waals surface area contributed by atoms with Crippen molar-refractivity contribution in [3.05, 3.63) is 48.0 Å². The van der Waals surface area contributed by atoms with Gasteiger partial charge in [-0.3, -0.25) is 0 Å². The average Bonchev–Trinajstić information content (AvgIpc) is 3.02. The molecule has 2 rings (SSSR count). The number of ether oxygens (including phenoxy) is 1. The van der Waals surface area contributed by atoms with Crippen LogP contribution in [0.25, 0.3) is 0 Å². The minimum Gasteiger partial charge on any atom is -0.383 e. The summed E-state index contributed by atoms with van der Waals surface area (Å²) in [5.74, 6) is 0.712. The molecule has 1 N–H and O–H groups in total. The summed E-state index contributed by atoms with van der Waals surface area (Å²) in [6.07, 6.45) is 1.64. The third-order valence-corrected chi connectivity index (χ3v) is 3.52. The van der Waals surface area contributed by atoms with E-state index in [1.165, 1.54) is 0 Å². The third-order valence-electron chi connectivity index (χ3n) is 3.52. The van der Waals surface area contributed by atoms with Gasteiger partial charge >= 0.3 is 6.03 Å². The van der Waals surface area contributed by atoms with Crippen molar-refractivity contribution in [3.8, 4) is 0 Å². The first kappa shape index (κ1) is 17.0. The van der Waals surface area contributed by atoms with E-state index >= 15 is 0 Å². The quantitative estimate of drug-likeness (QED) is 0.845. The van der Waals surface area contributed by atoms with E-state index in [1.807, 2.05) is 41.8 Å². The number of hydrogen-bond acceptors (Lipinski definition) is 4. The van der Waals surface area contributed by atoms with Crippen molar-refractivity contribution in [3.63, 3.8) is 0 Å². The van der Waals surface area contributed by atoms with Gasteiger partial charge in [0, 0.05) is 27.2 Å². The zero-order valence-corrected chi connectivity index (χ0v) is 13.8. The first-order valence-corrected chi connectivity index (χ1v) is 7.54. The Kier molecular flexibility index (Phi) is 6.10. The Labute approximate surface area is 136 Å². The summed E-state index contributed by atoms with van der Waals surface area (Å²) in [7, 11) is 3.42. The maximum Gasteiger partial charge on any atom is 0.318 e. The number of carbonyl (C=O) groups excluding carboxylic acids is 1. The second-order valence-electron chi connectivity index (χ2n) is 5.39. The summed E-state index contributed by atoms with van der Waals surface area (Å²) >= 11 is 0. The Balaban J connectivity index is 1.92. The maximum absolute atomic E-state index is 12.3. The van der Waals surface area contributed by atoms with Gasteiger partial charge in [0.25, 0.3) is 0 Å². The Hall–Kier alpha value is -2.41. The van der Waals surface area contributed by atoms with Gasteiger partial charge < -0.3 is 19.5 Å². The van der Waals surface area contributed by atoms with Crippen LogP contribution in [-0.4, -0.2) is 46.5 Å². The van der Waals surface area contributed by atoms with Crippen LogP contribution in [0, 0.1) is 0 Å². The van der Waals surface area contributed by atoms with Gasteiger partial charge in [-0.05, 0) is 12.5 Å². The average molecular weight is 317 g/mol. The fraction of sp³-hybridized carbons (Fsp3) is 0.438. The molecule has 1 aromatic carbocycles. The molecule has 2 amide bonds. The molecule has 7 nitrogen and oxygen atoms in total. The van der Waals surface area contributed by atoms with Crippen LogP contribution in [-0.2, 0) is 17.8 Å². The van der Waals surface area contributed by atoms with Crippen LogP contribution in [0.5, 0.6) is 0 Å². The molecule has 0 aliphatic rings. The van der Waals surface area contributed by atoms with Crippen LogP contribution < -0.4 is 5.32 Å². The highest BCUT2D eigenvalue weighted by Gasteiger charge is 2.17. The highest BCUT2D eigenvalue weighted by atomic mass is 16.5. The predicted octanol–water partition coefficient (Wildman–Crippen LogP) is 1.83. The number of rotatable bonds is 7. The summed E-state index contributed by atoms with van der Waals surface area (Å²) in [5, 5.41) is 10.9. The van der Waals surface area contributed by atoms with Crippen molar-refractivity contribution in [1.29, 1.82) is 0 Å². The molecular formula is C16H23N5O2. The van der Waals surface area contributed by atoms with E-state index in [1.54, 1.807) is 25.4 Å². The SMILES string of the molecule is COCCn1cnnc1[C@H](C)NC(=O)N(C)Cc1ccccc1. The number of hydrogen-bond donors (Lipinski definition) is 1. The zero-order valence-electron chi connectivity index (χ0n) is 13.8. The molecule has 1 aromatic heterocycles. The molecule has 0 aliphatic carbocycles. The van der Waals surface area contributed by atoms with Crippen molar-refractivity contribution in [2.24, 2.45) is 0 Å². The van der Waals surface area contributed by atoms with Crippen molar-refractivity contribution >= 4 is 6.03 Å². The summed E-state index contributed by atoms with van der Waals surface area (Å²) in [6, 6.07) is 9.48. The standard InChI is InChI=1S/C16H23N5O2/c1-13(15-19-17-12-21(15)9-10-23-3)18-16(22)20(2)11-14-7-5-4-6-8-14/h4-8,12-13H,9-11H2,1-3H3,(H,18,22)/t13-/m0/s1. The molecule has 7 heteroatoms. The molecule has 1 atom stereocenters. The molecule has 1 heterocycles. The lowest BCUT2D eigenvalue weighted by Gasteiger charge is -2.21. The number of methoxy groups -OCH3 is 1. The predicted molar refractivity (Wildman–Crippen MR) is 86.8 cm³/mol. The van der Waals surface area contributed by atoms with Crippen molar-refractivity contribution in [2.75, 3.05) is 20.8 Å². The van der Waals surface area contributed by atoms with Crippen molar-refractivity contribution in [1.82, 2.24) is 25.0 Å². The molecule has 0 saturated heterocycles. The van der Waals surface area contributed by atoms with Gasteiger partial charge in [0.1, 0.15) is 6.33 Å². The fourth-order valence-electron chi connectivity index (χ4n) is 2.25. The highest BCUT2D eigenvalue weighted by Crippen LogP contribution is 2.10. The van der Waals surface area contributed by atoms with E-state index in [0.29, 0.717) is 25.5 Å². The molecule has 2 aromatic rings. The lowest BCUT2D eigenvalue weighted by molar-refractivity contribution is 0.184. The van der Waals surface area contributed by atoms with E-state index in [9.17, 15) is 4.79 Å². The zero-order chi connectivity index (χ0) is 16.7. The van der Waals surface area contributed by atoms with Gasteiger partial charge in [-0.1, -0.05) is 30.3 Å². The van der Waals surface area contributed by atoms with Crippen molar-refractivity contribution in [2.45, 2.75) is 26.1 Å². The van der Waals surface area contributed by atoms with Crippen LogP contribution >= 0.6 is 0 Å². The number of nitrogens with one attached hydrogen (secondary N) is 1. The lowest BCUT2D eigenvalue weighted by atomic mass is 10.2. The topological polar surface area (TPSA) is 72.3 Å². The van der Waals surface area contributed by atoms with Gasteiger partial charge in [-0.25, -0.2) is 4.79 Å². The Morgan fingerprint density at radius 1 is 1.39 bits per heavy atom. The number of benzene rings is 1. The van der Waals surface area contributed by atoms with Crippen molar-refractivity contribution < 1.29 is 9.53 Å². The number of urea groups is 1. The number of carbonyl (C=O) groups is 1. The Morgan fingerprint density at radius 3 is 2.83 bits per heavy atom. The van der Waals surface area contributed by atoms with Gasteiger partial charge in [0.05, 0.1) is 12.6 Å². The first-order valence-electron chi connectivity index (χ1n) is 7.54. The lowest BCUT2D eigenvalue weighted by Crippen LogP contribution is -2.39. The monoisotopic (exact) mass is 317 g/mol. The molecule has 0 unspecified atom stereocenters. The van der Waals surface area contributed by atoms with E-state index in [2.05, 4.69) is 15.5 Å². The fourth-order valence-corrected chi connectivity index (χ4v) is 2.25. The largest absolute Gasteiger partial charge is 0.383 e. The van der Waals surface area contributed by atoms with Crippen LogP contribution in [0.15, 0.2) is 36.7 Å². The van der Waals surface area contributed by atoms with E-state index in [-0.39, 0.29) is 12.1 Å². The summed E-state index contributed by atoms with van der Waals surface area (Å²) in [4.78, 5) is 14.0. The molecular weight excluding hydrogens is 294 g/mol. The number of aromatic nitrogens is 3. The third kappa shape index (κ3) is 4.79. The molecule has 0 spiro atoms. The van der Waals surface area contributed by atoms with Gasteiger partial charge in [-0.2, -0.15) is 0 Å². The second kappa shape index (κ2) is 8.28. The van der Waals surface area contributed by atoms with Gasteiger partial charge in [0.2, 0.25) is 0 Å². The van der Waals surface area contributed by atoms with Gasteiger partial charge in [-0.15, -0.1) is 10.2 Å². The number of nitrogens with zero attached hydrogens (tertiary/aromatic N) is 4. The molecule has 0 fully saturated rings. The van der Waals surface area contributed by atoms with E-state index < -0.39 is 0 Å². The molecule has 0 aliphatic heterocycles. The minimum absolute atomic E-state index is 0.150. The van der Waals surface area contributed by atoms with Crippen LogP contribution in [0.4, 0.5) is 4.79 Å². The smallest absolute Gasteiger partial charge is 0.318 e. The Morgan fingerprint density at radius 2 is 2.13 bits per heavy atom. The first-order chi connectivity index (χ1) is 11.1. The van der Waals surface area contributed by atoms with Crippen LogP contribution in [0.1, 0.15) is 24.4 Å². The summed E-state index contributed by atoms with van der Waals surface area (Å²) in [6.45, 7) is 3.66. The molecule has 0 bridgehead atoms. The molecule has 23 heavy (non-hydrogen) atoms. The maximum atomic E-state index is 12.3. The normalized spacial score (nSPS) is 12.0. The molecule has 124 valence electrons. The summed E-state index contributed by atoms with van der Waals surface area (Å²) in [5.41, 5.74) is 1.08. The van der Waals surface area contributed by atoms with E-state index in [4.69, 9.17) is 4.74 Å². The van der Waals surface area contributed by atoms with E-state index in [0.717, 1.165) is 5.56 Å². The molecule has 0 saturated carbocycles. The second-order valence-corrected chi connectivity index (χ2v) is 5.39. The summed E-state index contributed by atoms with van der Waals surface area (Å²) < 4.78 is 6.94. The van der Waals surface area contributed by atoms with Crippen LogP contribution in [0.2, 0.25) is 0 Å². The molecule has 0 radical (unpaired) electrons. The van der Waals surface area contributed by atoms with Crippen LogP contribution in [0.3, 0.4) is 0 Å². The number of amides is 2. The highest BCUT2D eigenvalue weighted by molar-refractivity contribution is 5.74. The van der Waals surface area contributed by atoms with Gasteiger partial charge in [0.15, 0.2) is 5.82 Å².